The number of carbonyl (C=O) groups is 1. The first-order chi connectivity index (χ1) is 7.22. The predicted molar refractivity (Wildman–Crippen MR) is 62.3 cm³/mol. The molecule has 0 bridgehead atoms. The van der Waals surface area contributed by atoms with E-state index in [-0.39, 0.29) is 19.0 Å². The van der Waals surface area contributed by atoms with Gasteiger partial charge < -0.3 is 10.6 Å². The lowest BCUT2D eigenvalue weighted by molar-refractivity contribution is -0.120. The minimum atomic E-state index is -0.160. The van der Waals surface area contributed by atoms with Gasteiger partial charge in [-0.3, -0.25) is 4.79 Å². The lowest BCUT2D eigenvalue weighted by atomic mass is 10.4. The number of amides is 1. The van der Waals surface area contributed by atoms with E-state index in [1.165, 1.54) is 0 Å². The van der Waals surface area contributed by atoms with Gasteiger partial charge in [0.15, 0.2) is 0 Å². The average molecular weight is 288 g/mol. The Kier molecular flexibility index (Phi) is 5.32. The Morgan fingerprint density at radius 3 is 3.00 bits per heavy atom. The molecule has 0 unspecified atom stereocenters. The lowest BCUT2D eigenvalue weighted by Gasteiger charge is -2.02. The normalized spacial score (nSPS) is 9.60. The number of thiophene rings is 1. The Morgan fingerprint density at radius 1 is 1.60 bits per heavy atom. The second-order valence-electron chi connectivity index (χ2n) is 2.74. The highest BCUT2D eigenvalue weighted by molar-refractivity contribution is 9.11. The molecule has 0 aromatic carbocycles. The van der Waals surface area contributed by atoms with Gasteiger partial charge in [-0.2, -0.15) is 5.26 Å². The third-order valence-corrected chi connectivity index (χ3v) is 3.20. The van der Waals surface area contributed by atoms with E-state index in [0.717, 1.165) is 8.66 Å². The zero-order chi connectivity index (χ0) is 11.1. The summed E-state index contributed by atoms with van der Waals surface area (Å²) in [5, 5.41) is 13.7. The molecule has 0 saturated heterocycles. The van der Waals surface area contributed by atoms with Crippen molar-refractivity contribution in [3.63, 3.8) is 0 Å². The molecule has 0 aliphatic rings. The first-order valence-electron chi connectivity index (χ1n) is 4.31. The maximum atomic E-state index is 11.1. The van der Waals surface area contributed by atoms with Gasteiger partial charge in [-0.1, -0.05) is 0 Å². The fourth-order valence-electron chi connectivity index (χ4n) is 0.947. The molecule has 0 spiro atoms. The summed E-state index contributed by atoms with van der Waals surface area (Å²) in [6.07, 6.45) is 0. The van der Waals surface area contributed by atoms with Gasteiger partial charge in [0.2, 0.25) is 5.91 Å². The third kappa shape index (κ3) is 4.93. The van der Waals surface area contributed by atoms with E-state index in [2.05, 4.69) is 26.6 Å². The van der Waals surface area contributed by atoms with Crippen molar-refractivity contribution in [1.29, 1.82) is 5.26 Å². The SMILES string of the molecule is N#CCNC(=O)CNCc1ccc(Br)s1. The van der Waals surface area contributed by atoms with Crippen molar-refractivity contribution in [1.82, 2.24) is 10.6 Å². The Balaban J connectivity index is 2.16. The van der Waals surface area contributed by atoms with Crippen molar-refractivity contribution >= 4 is 33.2 Å². The fraction of sp³-hybridized carbons (Fsp3) is 0.333. The van der Waals surface area contributed by atoms with Crippen molar-refractivity contribution in [2.45, 2.75) is 6.54 Å². The second-order valence-corrected chi connectivity index (χ2v) is 5.29. The predicted octanol–water partition coefficient (Wildman–Crippen LogP) is 1.24. The summed E-state index contributed by atoms with van der Waals surface area (Å²) in [7, 11) is 0. The van der Waals surface area contributed by atoms with Crippen molar-refractivity contribution in [2.75, 3.05) is 13.1 Å². The van der Waals surface area contributed by atoms with Crippen LogP contribution >= 0.6 is 27.3 Å². The molecule has 1 aromatic rings. The number of nitrogens with zero attached hydrogens (tertiary/aromatic N) is 1. The molecular weight excluding hydrogens is 278 g/mol. The van der Waals surface area contributed by atoms with Gasteiger partial charge in [0.1, 0.15) is 6.54 Å². The maximum absolute atomic E-state index is 11.1. The summed E-state index contributed by atoms with van der Waals surface area (Å²) in [6.45, 7) is 0.957. The molecule has 0 fully saturated rings. The summed E-state index contributed by atoms with van der Waals surface area (Å²) in [4.78, 5) is 12.2. The summed E-state index contributed by atoms with van der Waals surface area (Å²) < 4.78 is 1.08. The first-order valence-corrected chi connectivity index (χ1v) is 5.92. The number of hydrogen-bond acceptors (Lipinski definition) is 4. The quantitative estimate of drug-likeness (QED) is 0.801. The van der Waals surface area contributed by atoms with Gasteiger partial charge in [-0.15, -0.1) is 11.3 Å². The van der Waals surface area contributed by atoms with Crippen LogP contribution in [0.25, 0.3) is 0 Å². The molecule has 0 aliphatic carbocycles. The molecule has 1 rings (SSSR count). The molecule has 15 heavy (non-hydrogen) atoms. The Morgan fingerprint density at radius 2 is 2.40 bits per heavy atom. The highest BCUT2D eigenvalue weighted by Crippen LogP contribution is 2.21. The van der Waals surface area contributed by atoms with E-state index in [9.17, 15) is 4.79 Å². The van der Waals surface area contributed by atoms with Crippen LogP contribution in [-0.2, 0) is 11.3 Å². The average Bonchev–Trinajstić information content (AvgIpc) is 2.61. The van der Waals surface area contributed by atoms with Crippen LogP contribution in [0.2, 0.25) is 0 Å². The summed E-state index contributed by atoms with van der Waals surface area (Å²) in [5.41, 5.74) is 0. The number of rotatable bonds is 5. The smallest absolute Gasteiger partial charge is 0.234 e. The zero-order valence-electron chi connectivity index (χ0n) is 7.92. The van der Waals surface area contributed by atoms with Crippen molar-refractivity contribution in [2.24, 2.45) is 0 Å². The maximum Gasteiger partial charge on any atom is 0.234 e. The molecule has 0 aliphatic heterocycles. The molecule has 1 amide bonds. The van der Waals surface area contributed by atoms with E-state index >= 15 is 0 Å². The Labute approximate surface area is 100 Å². The minimum Gasteiger partial charge on any atom is -0.342 e. The van der Waals surface area contributed by atoms with Crippen LogP contribution in [0.5, 0.6) is 0 Å². The topological polar surface area (TPSA) is 64.9 Å². The van der Waals surface area contributed by atoms with Crippen LogP contribution in [0, 0.1) is 11.3 Å². The van der Waals surface area contributed by atoms with Crippen LogP contribution in [0.4, 0.5) is 0 Å². The van der Waals surface area contributed by atoms with Gasteiger partial charge in [0.25, 0.3) is 0 Å². The Bertz CT molecular complexity index is 372. The van der Waals surface area contributed by atoms with Crippen LogP contribution in [0.1, 0.15) is 4.88 Å². The number of nitriles is 1. The summed E-state index contributed by atoms with van der Waals surface area (Å²) >= 11 is 4.99. The van der Waals surface area contributed by atoms with Crippen LogP contribution < -0.4 is 10.6 Å². The number of carbonyl (C=O) groups excluding carboxylic acids is 1. The van der Waals surface area contributed by atoms with Gasteiger partial charge in [-0.25, -0.2) is 0 Å². The lowest BCUT2D eigenvalue weighted by Crippen LogP contribution is -2.33. The fourth-order valence-corrected chi connectivity index (χ4v) is 2.40. The molecule has 0 radical (unpaired) electrons. The molecule has 2 N–H and O–H groups in total. The van der Waals surface area contributed by atoms with Gasteiger partial charge in [0.05, 0.1) is 16.4 Å². The minimum absolute atomic E-state index is 0.0606. The molecule has 0 saturated carbocycles. The number of hydrogen-bond donors (Lipinski definition) is 2. The van der Waals surface area contributed by atoms with Gasteiger partial charge in [-0.05, 0) is 28.1 Å². The van der Waals surface area contributed by atoms with Crippen LogP contribution in [0.3, 0.4) is 0 Å². The Hall–Kier alpha value is -0.900. The monoisotopic (exact) mass is 287 g/mol. The molecular formula is C9H10BrN3OS. The van der Waals surface area contributed by atoms with Gasteiger partial charge >= 0.3 is 0 Å². The number of halogens is 1. The highest BCUT2D eigenvalue weighted by Gasteiger charge is 2.00. The molecule has 1 aromatic heterocycles. The van der Waals surface area contributed by atoms with Gasteiger partial charge in [0, 0.05) is 11.4 Å². The van der Waals surface area contributed by atoms with E-state index < -0.39 is 0 Å². The molecule has 1 heterocycles. The van der Waals surface area contributed by atoms with E-state index in [1.54, 1.807) is 11.3 Å². The van der Waals surface area contributed by atoms with Crippen LogP contribution in [0.15, 0.2) is 15.9 Å². The standard InChI is InChI=1S/C9H10BrN3OS/c10-8-2-1-7(15-8)5-12-6-9(14)13-4-3-11/h1-2,12H,4-6H2,(H,13,14). The van der Waals surface area contributed by atoms with E-state index in [0.29, 0.717) is 6.54 Å². The molecule has 80 valence electrons. The number of nitrogens with one attached hydrogen (secondary N) is 2. The third-order valence-electron chi connectivity index (χ3n) is 1.58. The van der Waals surface area contributed by atoms with Crippen molar-refractivity contribution < 1.29 is 4.79 Å². The molecule has 0 atom stereocenters. The van der Waals surface area contributed by atoms with E-state index in [1.807, 2.05) is 18.2 Å². The second kappa shape index (κ2) is 6.56. The van der Waals surface area contributed by atoms with Crippen molar-refractivity contribution in [3.8, 4) is 6.07 Å². The highest BCUT2D eigenvalue weighted by atomic mass is 79.9. The first kappa shape index (κ1) is 12.2. The van der Waals surface area contributed by atoms with E-state index in [4.69, 9.17) is 5.26 Å². The molecule has 4 nitrogen and oxygen atoms in total. The summed E-state index contributed by atoms with van der Waals surface area (Å²) in [6, 6.07) is 5.81. The molecule has 6 heteroatoms. The van der Waals surface area contributed by atoms with Crippen LogP contribution in [-0.4, -0.2) is 19.0 Å². The zero-order valence-corrected chi connectivity index (χ0v) is 10.3. The van der Waals surface area contributed by atoms with Crippen molar-refractivity contribution in [3.05, 3.63) is 20.8 Å². The summed E-state index contributed by atoms with van der Waals surface area (Å²) in [5.74, 6) is -0.160. The largest absolute Gasteiger partial charge is 0.342 e.